The van der Waals surface area contributed by atoms with Crippen LogP contribution in [0.2, 0.25) is 0 Å². The van der Waals surface area contributed by atoms with Crippen molar-refractivity contribution >= 4 is 20.9 Å². The number of aromatic nitrogens is 1. The predicted octanol–water partition coefficient (Wildman–Crippen LogP) is 2.95. The SMILES string of the molecule is Cc1cc2cc(CCNS(=O)(=O)Cc3ccc(F)cc3)c(=O)[nH]c2cc1C. The van der Waals surface area contributed by atoms with E-state index < -0.39 is 15.8 Å². The summed E-state index contributed by atoms with van der Waals surface area (Å²) in [7, 11) is -3.57. The molecule has 2 N–H and O–H groups in total. The number of rotatable bonds is 6. The van der Waals surface area contributed by atoms with Gasteiger partial charge < -0.3 is 4.98 Å². The van der Waals surface area contributed by atoms with Gasteiger partial charge in [-0.1, -0.05) is 12.1 Å². The highest BCUT2D eigenvalue weighted by atomic mass is 32.2. The van der Waals surface area contributed by atoms with Crippen molar-refractivity contribution in [2.24, 2.45) is 0 Å². The van der Waals surface area contributed by atoms with E-state index >= 15 is 0 Å². The number of aryl methyl sites for hydroxylation is 2. The molecule has 1 aromatic heterocycles. The number of pyridine rings is 1. The lowest BCUT2D eigenvalue weighted by atomic mass is 10.0. The fourth-order valence-corrected chi connectivity index (χ4v) is 4.05. The zero-order valence-electron chi connectivity index (χ0n) is 15.2. The van der Waals surface area contributed by atoms with Gasteiger partial charge in [-0.15, -0.1) is 0 Å². The molecule has 3 rings (SSSR count). The van der Waals surface area contributed by atoms with E-state index in [-0.39, 0.29) is 24.3 Å². The molecule has 0 saturated heterocycles. The molecule has 0 radical (unpaired) electrons. The summed E-state index contributed by atoms with van der Waals surface area (Å²) in [6.07, 6.45) is 0.279. The Kier molecular flexibility index (Phi) is 5.43. The van der Waals surface area contributed by atoms with Crippen LogP contribution in [0.1, 0.15) is 22.3 Å². The van der Waals surface area contributed by atoms with Crippen molar-refractivity contribution in [1.82, 2.24) is 9.71 Å². The normalized spacial score (nSPS) is 11.8. The van der Waals surface area contributed by atoms with Gasteiger partial charge in [-0.3, -0.25) is 4.79 Å². The van der Waals surface area contributed by atoms with Gasteiger partial charge in [0.15, 0.2) is 0 Å². The summed E-state index contributed by atoms with van der Waals surface area (Å²) >= 11 is 0. The molecule has 0 bridgehead atoms. The van der Waals surface area contributed by atoms with E-state index in [4.69, 9.17) is 0 Å². The number of nitrogens with one attached hydrogen (secondary N) is 2. The van der Waals surface area contributed by atoms with E-state index in [1.165, 1.54) is 24.3 Å². The second-order valence-corrected chi connectivity index (χ2v) is 8.48. The van der Waals surface area contributed by atoms with E-state index in [1.807, 2.05) is 26.0 Å². The smallest absolute Gasteiger partial charge is 0.251 e. The molecule has 0 fully saturated rings. The summed E-state index contributed by atoms with van der Waals surface area (Å²) in [5.74, 6) is -0.648. The minimum Gasteiger partial charge on any atom is -0.322 e. The molecule has 0 amide bonds. The number of hydrogen-bond acceptors (Lipinski definition) is 3. The highest BCUT2D eigenvalue weighted by Gasteiger charge is 2.12. The Labute approximate surface area is 157 Å². The Balaban J connectivity index is 1.69. The lowest BCUT2D eigenvalue weighted by molar-refractivity contribution is 0.580. The Morgan fingerprint density at radius 1 is 1.04 bits per heavy atom. The highest BCUT2D eigenvalue weighted by Crippen LogP contribution is 2.17. The quantitative estimate of drug-likeness (QED) is 0.681. The van der Waals surface area contributed by atoms with Gasteiger partial charge in [0.1, 0.15) is 5.82 Å². The highest BCUT2D eigenvalue weighted by molar-refractivity contribution is 7.88. The number of hydrogen-bond donors (Lipinski definition) is 2. The standard InChI is InChI=1S/C20H21FN2O3S/c1-13-9-17-11-16(20(24)23-19(17)10-14(13)2)7-8-22-27(25,26)12-15-3-5-18(21)6-4-15/h3-6,9-11,22H,7-8,12H2,1-2H3,(H,23,24). The van der Waals surface area contributed by atoms with Crippen molar-refractivity contribution in [3.8, 4) is 0 Å². The van der Waals surface area contributed by atoms with E-state index in [1.54, 1.807) is 6.07 Å². The molecule has 27 heavy (non-hydrogen) atoms. The second kappa shape index (κ2) is 7.62. The maximum atomic E-state index is 12.9. The van der Waals surface area contributed by atoms with Crippen LogP contribution in [0.4, 0.5) is 4.39 Å². The summed E-state index contributed by atoms with van der Waals surface area (Å²) in [6, 6.07) is 11.1. The van der Waals surface area contributed by atoms with E-state index in [0.717, 1.165) is 22.0 Å². The van der Waals surface area contributed by atoms with Crippen LogP contribution in [-0.4, -0.2) is 19.9 Å². The number of benzene rings is 2. The topological polar surface area (TPSA) is 79.0 Å². The van der Waals surface area contributed by atoms with Gasteiger partial charge in [0, 0.05) is 17.6 Å². The van der Waals surface area contributed by atoms with Crippen molar-refractivity contribution in [2.75, 3.05) is 6.54 Å². The second-order valence-electron chi connectivity index (χ2n) is 6.68. The van der Waals surface area contributed by atoms with Crippen molar-refractivity contribution in [3.63, 3.8) is 0 Å². The van der Waals surface area contributed by atoms with E-state index in [2.05, 4.69) is 9.71 Å². The van der Waals surface area contributed by atoms with Crippen LogP contribution in [0.5, 0.6) is 0 Å². The van der Waals surface area contributed by atoms with Crippen LogP contribution in [0.15, 0.2) is 47.3 Å². The fraction of sp³-hybridized carbons (Fsp3) is 0.250. The first-order valence-electron chi connectivity index (χ1n) is 8.58. The molecule has 2 aromatic carbocycles. The molecule has 7 heteroatoms. The molecule has 0 atom stereocenters. The predicted molar refractivity (Wildman–Crippen MR) is 105 cm³/mol. The Bertz CT molecular complexity index is 1140. The van der Waals surface area contributed by atoms with Gasteiger partial charge in [0.25, 0.3) is 5.56 Å². The maximum absolute atomic E-state index is 12.9. The molecule has 0 aliphatic heterocycles. The summed E-state index contributed by atoms with van der Waals surface area (Å²) < 4.78 is 39.7. The lowest BCUT2D eigenvalue weighted by Crippen LogP contribution is -2.28. The number of sulfonamides is 1. The van der Waals surface area contributed by atoms with Gasteiger partial charge >= 0.3 is 0 Å². The average molecular weight is 388 g/mol. The maximum Gasteiger partial charge on any atom is 0.251 e. The van der Waals surface area contributed by atoms with Crippen LogP contribution < -0.4 is 10.3 Å². The molecule has 0 saturated carbocycles. The number of fused-ring (bicyclic) bond motifs is 1. The molecular formula is C20H21FN2O3S. The van der Waals surface area contributed by atoms with Gasteiger partial charge in [-0.05, 0) is 72.7 Å². The molecule has 0 aliphatic rings. The first-order valence-corrected chi connectivity index (χ1v) is 10.2. The van der Waals surface area contributed by atoms with Crippen molar-refractivity contribution in [2.45, 2.75) is 26.0 Å². The molecule has 142 valence electrons. The van der Waals surface area contributed by atoms with E-state index in [0.29, 0.717) is 11.1 Å². The van der Waals surface area contributed by atoms with E-state index in [9.17, 15) is 17.6 Å². The summed E-state index contributed by atoms with van der Waals surface area (Å²) in [6.45, 7) is 4.10. The molecule has 5 nitrogen and oxygen atoms in total. The van der Waals surface area contributed by atoms with Gasteiger partial charge in [-0.2, -0.15) is 0 Å². The largest absolute Gasteiger partial charge is 0.322 e. The molecule has 1 heterocycles. The molecular weight excluding hydrogens is 367 g/mol. The lowest BCUT2D eigenvalue weighted by Gasteiger charge is -2.08. The van der Waals surface area contributed by atoms with Crippen molar-refractivity contribution in [1.29, 1.82) is 0 Å². The van der Waals surface area contributed by atoms with Crippen LogP contribution in [0, 0.1) is 19.7 Å². The Morgan fingerprint density at radius 2 is 1.70 bits per heavy atom. The fourth-order valence-electron chi connectivity index (χ4n) is 2.90. The number of halogens is 1. The summed E-state index contributed by atoms with van der Waals surface area (Å²) in [5, 5.41) is 0.918. The zero-order chi connectivity index (χ0) is 19.6. The summed E-state index contributed by atoms with van der Waals surface area (Å²) in [5.41, 5.74) is 3.79. The first-order chi connectivity index (χ1) is 12.7. The van der Waals surface area contributed by atoms with Crippen LogP contribution in [-0.2, 0) is 22.2 Å². The molecule has 0 spiro atoms. The summed E-state index contributed by atoms with van der Waals surface area (Å²) in [4.78, 5) is 15.1. The zero-order valence-corrected chi connectivity index (χ0v) is 16.0. The van der Waals surface area contributed by atoms with Gasteiger partial charge in [0.05, 0.1) is 5.75 Å². The number of aromatic amines is 1. The molecule has 0 aliphatic carbocycles. The van der Waals surface area contributed by atoms with Crippen molar-refractivity contribution < 1.29 is 12.8 Å². The third-order valence-electron chi connectivity index (χ3n) is 4.52. The van der Waals surface area contributed by atoms with Gasteiger partial charge in [-0.25, -0.2) is 17.5 Å². The minimum absolute atomic E-state index is 0.114. The van der Waals surface area contributed by atoms with Crippen molar-refractivity contribution in [3.05, 3.63) is 80.9 Å². The molecule has 3 aromatic rings. The molecule has 0 unspecified atom stereocenters. The minimum atomic E-state index is -3.57. The van der Waals surface area contributed by atoms with Crippen LogP contribution in [0.25, 0.3) is 10.9 Å². The van der Waals surface area contributed by atoms with Crippen LogP contribution in [0.3, 0.4) is 0 Å². The average Bonchev–Trinajstić information content (AvgIpc) is 2.59. The van der Waals surface area contributed by atoms with Crippen LogP contribution >= 0.6 is 0 Å². The Morgan fingerprint density at radius 3 is 2.41 bits per heavy atom. The monoisotopic (exact) mass is 388 g/mol. The number of H-pyrrole nitrogens is 1. The Hall–Kier alpha value is -2.51. The third-order valence-corrected chi connectivity index (χ3v) is 5.88. The van der Waals surface area contributed by atoms with Gasteiger partial charge in [0.2, 0.25) is 10.0 Å². The third kappa shape index (κ3) is 4.81. The first kappa shape index (κ1) is 19.3.